The van der Waals surface area contributed by atoms with Crippen molar-refractivity contribution in [2.24, 2.45) is 5.41 Å². The van der Waals surface area contributed by atoms with Crippen molar-refractivity contribution in [3.63, 3.8) is 0 Å². The second-order valence-corrected chi connectivity index (χ2v) is 7.58. The molecule has 0 atom stereocenters. The first kappa shape index (κ1) is 17.5. The summed E-state index contributed by atoms with van der Waals surface area (Å²) in [5.74, 6) is -0.298. The molecule has 0 amide bonds. The number of fused-ring (bicyclic) bond motifs is 1. The molecule has 1 aliphatic rings. The van der Waals surface area contributed by atoms with Crippen molar-refractivity contribution < 1.29 is 9.53 Å². The molecule has 0 aromatic heterocycles. The fourth-order valence-corrected chi connectivity index (χ4v) is 3.80. The molecule has 0 aliphatic heterocycles. The Hall–Kier alpha value is -2.35. The fraction of sp³-hybridized carbons (Fsp3) is 0.348. The molecule has 0 saturated heterocycles. The van der Waals surface area contributed by atoms with Crippen LogP contribution >= 0.6 is 0 Å². The highest BCUT2D eigenvalue weighted by molar-refractivity contribution is 5.95. The van der Waals surface area contributed by atoms with E-state index >= 15 is 0 Å². The van der Waals surface area contributed by atoms with E-state index < -0.39 is 0 Å². The molecule has 2 nitrogen and oxygen atoms in total. The van der Waals surface area contributed by atoms with Crippen molar-refractivity contribution in [3.8, 4) is 0 Å². The minimum Gasteiger partial charge on any atom is -0.465 e. The Morgan fingerprint density at radius 1 is 1.08 bits per heavy atom. The Labute approximate surface area is 150 Å². The van der Waals surface area contributed by atoms with Crippen LogP contribution in [0.5, 0.6) is 0 Å². The average Bonchev–Trinajstić information content (AvgIpc) is 2.59. The molecule has 0 heterocycles. The molecule has 0 unspecified atom stereocenters. The molecule has 0 spiro atoms. The normalized spacial score (nSPS) is 17.3. The average molecular weight is 334 g/mol. The topological polar surface area (TPSA) is 26.3 Å². The van der Waals surface area contributed by atoms with Gasteiger partial charge in [-0.1, -0.05) is 49.8 Å². The maximum Gasteiger partial charge on any atom is 0.337 e. The van der Waals surface area contributed by atoms with E-state index in [0.717, 1.165) is 10.8 Å². The van der Waals surface area contributed by atoms with Gasteiger partial charge in [0.05, 0.1) is 12.7 Å². The van der Waals surface area contributed by atoms with Gasteiger partial charge in [0, 0.05) is 0 Å². The number of methoxy groups -OCH3 is 1. The highest BCUT2D eigenvalue weighted by Crippen LogP contribution is 2.41. The van der Waals surface area contributed by atoms with Crippen LogP contribution in [-0.4, -0.2) is 13.1 Å². The second kappa shape index (κ2) is 6.87. The highest BCUT2D eigenvalue weighted by Gasteiger charge is 2.26. The van der Waals surface area contributed by atoms with Crippen molar-refractivity contribution in [1.29, 1.82) is 0 Å². The molecule has 130 valence electrons. The van der Waals surface area contributed by atoms with E-state index in [0.29, 0.717) is 5.56 Å². The van der Waals surface area contributed by atoms with Crippen molar-refractivity contribution in [3.05, 3.63) is 64.7 Å². The molecule has 2 aromatic carbocycles. The van der Waals surface area contributed by atoms with Crippen molar-refractivity contribution in [2.45, 2.75) is 40.0 Å². The number of carbonyl (C=O) groups excluding carboxylic acids is 1. The Morgan fingerprint density at radius 2 is 1.80 bits per heavy atom. The minimum atomic E-state index is -0.298. The van der Waals surface area contributed by atoms with Gasteiger partial charge < -0.3 is 4.74 Å². The third-order valence-electron chi connectivity index (χ3n) is 5.27. The van der Waals surface area contributed by atoms with Crippen LogP contribution < -0.4 is 0 Å². The summed E-state index contributed by atoms with van der Waals surface area (Å²) in [4.78, 5) is 11.7. The van der Waals surface area contributed by atoms with Crippen molar-refractivity contribution in [1.82, 2.24) is 0 Å². The van der Waals surface area contributed by atoms with E-state index in [1.807, 2.05) is 18.2 Å². The first-order chi connectivity index (χ1) is 11.9. The van der Waals surface area contributed by atoms with Gasteiger partial charge in [-0.05, 0) is 71.7 Å². The summed E-state index contributed by atoms with van der Waals surface area (Å²) in [6.45, 7) is 6.93. The summed E-state index contributed by atoms with van der Waals surface area (Å²) in [5.41, 5.74) is 5.00. The largest absolute Gasteiger partial charge is 0.465 e. The van der Waals surface area contributed by atoms with Gasteiger partial charge >= 0.3 is 5.97 Å². The Balaban J connectivity index is 1.91. The number of hydrogen-bond acceptors (Lipinski definition) is 2. The van der Waals surface area contributed by atoms with Gasteiger partial charge in [0.25, 0.3) is 0 Å². The van der Waals surface area contributed by atoms with Crippen LogP contribution in [-0.2, 0) is 4.74 Å². The fourth-order valence-electron chi connectivity index (χ4n) is 3.80. The van der Waals surface area contributed by atoms with Crippen LogP contribution in [0.15, 0.2) is 53.6 Å². The van der Waals surface area contributed by atoms with Crippen molar-refractivity contribution >= 4 is 22.8 Å². The van der Waals surface area contributed by atoms with E-state index in [1.165, 1.54) is 43.1 Å². The highest BCUT2D eigenvalue weighted by atomic mass is 16.5. The number of allylic oxidation sites excluding steroid dienone is 3. The third kappa shape index (κ3) is 3.68. The predicted octanol–water partition coefficient (Wildman–Crippen LogP) is 6.17. The lowest BCUT2D eigenvalue weighted by Crippen LogP contribution is -2.18. The maximum atomic E-state index is 11.7. The molecular formula is C23H26O2. The van der Waals surface area contributed by atoms with Crippen LogP contribution in [0.1, 0.15) is 56.0 Å². The molecule has 0 saturated carbocycles. The zero-order chi connectivity index (χ0) is 18.0. The first-order valence-corrected chi connectivity index (χ1v) is 8.91. The monoisotopic (exact) mass is 334 g/mol. The van der Waals surface area contributed by atoms with E-state index in [-0.39, 0.29) is 11.4 Å². The zero-order valence-corrected chi connectivity index (χ0v) is 15.6. The maximum absolute atomic E-state index is 11.7. The SMILES string of the molecule is COC(=O)c1ccc2cc(/C=C/C3=C(C)CCCC3(C)C)ccc2c1. The number of hydrogen-bond donors (Lipinski definition) is 0. The zero-order valence-electron chi connectivity index (χ0n) is 15.6. The Morgan fingerprint density at radius 3 is 2.52 bits per heavy atom. The van der Waals surface area contributed by atoms with Gasteiger partial charge in [0.2, 0.25) is 0 Å². The lowest BCUT2D eigenvalue weighted by molar-refractivity contribution is 0.0601. The van der Waals surface area contributed by atoms with Gasteiger partial charge in [-0.15, -0.1) is 0 Å². The summed E-state index contributed by atoms with van der Waals surface area (Å²) in [6, 6.07) is 12.0. The predicted molar refractivity (Wildman–Crippen MR) is 105 cm³/mol. The molecule has 1 aliphatic carbocycles. The number of ether oxygens (including phenoxy) is 1. The van der Waals surface area contributed by atoms with Gasteiger partial charge in [-0.3, -0.25) is 0 Å². The van der Waals surface area contributed by atoms with Crippen LogP contribution in [0.3, 0.4) is 0 Å². The molecule has 0 fully saturated rings. The molecule has 3 rings (SSSR count). The molecule has 0 N–H and O–H groups in total. The summed E-state index contributed by atoms with van der Waals surface area (Å²) >= 11 is 0. The number of carbonyl (C=O) groups is 1. The quantitative estimate of drug-likeness (QED) is 0.628. The van der Waals surface area contributed by atoms with Gasteiger partial charge in [0.1, 0.15) is 0 Å². The summed E-state index contributed by atoms with van der Waals surface area (Å²) in [6.07, 6.45) is 8.24. The Bertz CT molecular complexity index is 869. The summed E-state index contributed by atoms with van der Waals surface area (Å²) in [7, 11) is 1.41. The molecule has 25 heavy (non-hydrogen) atoms. The number of rotatable bonds is 3. The summed E-state index contributed by atoms with van der Waals surface area (Å²) in [5, 5.41) is 2.18. The van der Waals surface area contributed by atoms with E-state index in [4.69, 9.17) is 4.74 Å². The number of benzene rings is 2. The van der Waals surface area contributed by atoms with Gasteiger partial charge in [-0.2, -0.15) is 0 Å². The van der Waals surface area contributed by atoms with Crippen LogP contribution in [0.2, 0.25) is 0 Å². The molecule has 2 heteroatoms. The van der Waals surface area contributed by atoms with Crippen LogP contribution in [0.25, 0.3) is 16.8 Å². The molecular weight excluding hydrogens is 308 g/mol. The lowest BCUT2D eigenvalue weighted by Gasteiger charge is -2.32. The third-order valence-corrected chi connectivity index (χ3v) is 5.27. The van der Waals surface area contributed by atoms with Crippen LogP contribution in [0, 0.1) is 5.41 Å². The van der Waals surface area contributed by atoms with E-state index in [1.54, 1.807) is 0 Å². The standard InChI is InChI=1S/C23H26O2/c1-16-6-5-13-23(2,3)21(16)12-8-17-7-9-19-15-20(22(24)25-4)11-10-18(19)14-17/h7-12,14-15H,5-6,13H2,1-4H3/b12-8+. The Kier molecular flexibility index (Phi) is 4.80. The lowest BCUT2D eigenvalue weighted by atomic mass is 9.72. The molecule has 0 bridgehead atoms. The second-order valence-electron chi connectivity index (χ2n) is 7.58. The van der Waals surface area contributed by atoms with Crippen LogP contribution in [0.4, 0.5) is 0 Å². The smallest absolute Gasteiger partial charge is 0.337 e. The molecule has 2 aromatic rings. The van der Waals surface area contributed by atoms with Gasteiger partial charge in [0.15, 0.2) is 0 Å². The van der Waals surface area contributed by atoms with E-state index in [2.05, 4.69) is 51.1 Å². The number of esters is 1. The van der Waals surface area contributed by atoms with E-state index in [9.17, 15) is 4.79 Å². The van der Waals surface area contributed by atoms with Gasteiger partial charge in [-0.25, -0.2) is 4.79 Å². The summed E-state index contributed by atoms with van der Waals surface area (Å²) < 4.78 is 4.79. The van der Waals surface area contributed by atoms with Crippen molar-refractivity contribution in [2.75, 3.05) is 7.11 Å². The first-order valence-electron chi connectivity index (χ1n) is 8.91. The molecule has 0 radical (unpaired) electrons. The minimum absolute atomic E-state index is 0.255.